The molecule has 158 valence electrons. The number of carbonyl (C=O) groups excluding carboxylic acids is 2. The second kappa shape index (κ2) is 8.20. The van der Waals surface area contributed by atoms with Crippen LogP contribution in [0.15, 0.2) is 42.7 Å². The summed E-state index contributed by atoms with van der Waals surface area (Å²) < 4.78 is 28.6. The van der Waals surface area contributed by atoms with Gasteiger partial charge in [0.1, 0.15) is 18.2 Å². The van der Waals surface area contributed by atoms with Crippen LogP contribution in [-0.2, 0) is 9.59 Å². The summed E-state index contributed by atoms with van der Waals surface area (Å²) in [5.41, 5.74) is 0.772. The predicted octanol–water partition coefficient (Wildman–Crippen LogP) is 4.82. The number of fused-ring (bicyclic) bond motifs is 3. The number of anilines is 2. The van der Waals surface area contributed by atoms with Gasteiger partial charge in [-0.15, -0.1) is 0 Å². The minimum atomic E-state index is -0.796. The quantitative estimate of drug-likeness (QED) is 0.605. The zero-order valence-electron chi connectivity index (χ0n) is 16.0. The van der Waals surface area contributed by atoms with Crippen LogP contribution in [0, 0.1) is 11.6 Å². The number of carbonyl (C=O) groups is 2. The van der Waals surface area contributed by atoms with E-state index in [-0.39, 0.29) is 38.4 Å². The fourth-order valence-corrected chi connectivity index (χ4v) is 3.73. The molecule has 4 rings (SSSR count). The second-order valence-electron chi connectivity index (χ2n) is 6.90. The fourth-order valence-electron chi connectivity index (χ4n) is 3.42. The molecule has 1 aromatic heterocycles. The van der Waals surface area contributed by atoms with Gasteiger partial charge in [0.25, 0.3) is 0 Å². The number of benzene rings is 2. The van der Waals surface area contributed by atoms with Gasteiger partial charge in [-0.25, -0.2) is 8.78 Å². The minimum absolute atomic E-state index is 0.0236. The molecular formula is C21H14Cl2F2N4O2. The Balaban J connectivity index is 1.75. The van der Waals surface area contributed by atoms with Gasteiger partial charge in [-0.3, -0.25) is 19.6 Å². The Morgan fingerprint density at radius 1 is 1.13 bits per heavy atom. The zero-order chi connectivity index (χ0) is 22.3. The van der Waals surface area contributed by atoms with E-state index < -0.39 is 35.9 Å². The molecule has 0 radical (unpaired) electrons. The van der Waals surface area contributed by atoms with Gasteiger partial charge in [0.2, 0.25) is 11.8 Å². The van der Waals surface area contributed by atoms with Crippen LogP contribution < -0.4 is 10.2 Å². The van der Waals surface area contributed by atoms with E-state index in [0.29, 0.717) is 0 Å². The van der Waals surface area contributed by atoms with Crippen molar-refractivity contribution in [1.29, 1.82) is 0 Å². The molecule has 2 heterocycles. The summed E-state index contributed by atoms with van der Waals surface area (Å²) in [6.45, 7) is 1.13. The highest BCUT2D eigenvalue weighted by Gasteiger charge is 2.36. The van der Waals surface area contributed by atoms with Crippen LogP contribution in [0.1, 0.15) is 18.5 Å². The first-order valence-electron chi connectivity index (χ1n) is 9.13. The van der Waals surface area contributed by atoms with E-state index in [2.05, 4.69) is 15.3 Å². The Morgan fingerprint density at radius 3 is 2.61 bits per heavy atom. The van der Waals surface area contributed by atoms with Gasteiger partial charge in [0, 0.05) is 23.1 Å². The van der Waals surface area contributed by atoms with E-state index in [1.807, 2.05) is 0 Å². The van der Waals surface area contributed by atoms with Crippen LogP contribution in [0.2, 0.25) is 10.0 Å². The number of rotatable bonds is 3. The fraction of sp³-hybridized carbons (Fsp3) is 0.143. The third-order valence-electron chi connectivity index (χ3n) is 4.84. The summed E-state index contributed by atoms with van der Waals surface area (Å²) in [4.78, 5) is 35.4. The molecule has 1 unspecified atom stereocenters. The maximum absolute atomic E-state index is 14.9. The van der Waals surface area contributed by atoms with E-state index in [9.17, 15) is 18.4 Å². The highest BCUT2D eigenvalue weighted by molar-refractivity contribution is 6.31. The normalized spacial score (nSPS) is 15.2. The first kappa shape index (κ1) is 21.1. The molecule has 1 N–H and O–H groups in total. The SMILES string of the molecule is CC1C(=O)N(CC(=O)Nc2ccc(Cl)c(F)c2)c2cc(Cl)cc(F)c2-c2nccnc21. The zero-order valence-corrected chi connectivity index (χ0v) is 17.5. The van der Waals surface area contributed by atoms with E-state index in [1.165, 1.54) is 30.6 Å². The Labute approximate surface area is 185 Å². The number of nitrogens with one attached hydrogen (secondary N) is 1. The molecule has 0 bridgehead atoms. The third kappa shape index (κ3) is 3.96. The standard InChI is InChI=1S/C21H14Cl2F2N4O2/c1-10-19-20(27-5-4-26-19)18-15(25)6-11(22)7-16(18)29(21(10)31)9-17(30)28-12-2-3-13(23)14(24)8-12/h2-8,10H,9H2,1H3,(H,28,30). The van der Waals surface area contributed by atoms with Crippen LogP contribution in [0.3, 0.4) is 0 Å². The van der Waals surface area contributed by atoms with Crippen molar-refractivity contribution in [3.8, 4) is 11.3 Å². The van der Waals surface area contributed by atoms with Gasteiger partial charge in [-0.1, -0.05) is 23.2 Å². The Hall–Kier alpha value is -3.10. The first-order chi connectivity index (χ1) is 14.8. The number of aromatic nitrogens is 2. The van der Waals surface area contributed by atoms with Crippen LogP contribution in [-0.4, -0.2) is 28.3 Å². The third-order valence-corrected chi connectivity index (χ3v) is 5.36. The second-order valence-corrected chi connectivity index (χ2v) is 7.74. The van der Waals surface area contributed by atoms with Gasteiger partial charge in [-0.05, 0) is 37.3 Å². The lowest BCUT2D eigenvalue weighted by Gasteiger charge is -2.24. The first-order valence-corrected chi connectivity index (χ1v) is 9.88. The van der Waals surface area contributed by atoms with Crippen molar-refractivity contribution in [3.05, 3.63) is 70.1 Å². The molecular weight excluding hydrogens is 449 g/mol. The van der Waals surface area contributed by atoms with Crippen molar-refractivity contribution in [2.45, 2.75) is 12.8 Å². The van der Waals surface area contributed by atoms with E-state index >= 15 is 0 Å². The summed E-state index contributed by atoms with van der Waals surface area (Å²) in [5.74, 6) is -3.31. The molecule has 10 heteroatoms. The molecule has 1 aliphatic rings. The monoisotopic (exact) mass is 462 g/mol. The molecule has 2 amide bonds. The number of nitrogens with zero attached hydrogens (tertiary/aromatic N) is 3. The summed E-state index contributed by atoms with van der Waals surface area (Å²) in [7, 11) is 0. The summed E-state index contributed by atoms with van der Waals surface area (Å²) in [5, 5.41) is 2.46. The van der Waals surface area contributed by atoms with Crippen LogP contribution in [0.5, 0.6) is 0 Å². The molecule has 0 spiro atoms. The Bertz CT molecular complexity index is 1220. The number of amides is 2. The van der Waals surface area contributed by atoms with Crippen molar-refractivity contribution in [1.82, 2.24) is 9.97 Å². The maximum atomic E-state index is 14.9. The van der Waals surface area contributed by atoms with Gasteiger partial charge in [-0.2, -0.15) is 0 Å². The molecule has 0 aliphatic carbocycles. The van der Waals surface area contributed by atoms with Crippen molar-refractivity contribution in [3.63, 3.8) is 0 Å². The van der Waals surface area contributed by atoms with Crippen molar-refractivity contribution in [2.24, 2.45) is 0 Å². The molecule has 0 fully saturated rings. The van der Waals surface area contributed by atoms with Gasteiger partial charge < -0.3 is 10.2 Å². The molecule has 1 aliphatic heterocycles. The van der Waals surface area contributed by atoms with E-state index in [1.54, 1.807) is 6.92 Å². The molecule has 2 aromatic carbocycles. The molecule has 6 nitrogen and oxygen atoms in total. The Morgan fingerprint density at radius 2 is 1.87 bits per heavy atom. The number of halogens is 4. The van der Waals surface area contributed by atoms with Crippen molar-refractivity contribution < 1.29 is 18.4 Å². The number of hydrogen-bond acceptors (Lipinski definition) is 4. The van der Waals surface area contributed by atoms with Gasteiger partial charge in [0.05, 0.1) is 33.6 Å². The maximum Gasteiger partial charge on any atom is 0.244 e. The predicted molar refractivity (Wildman–Crippen MR) is 113 cm³/mol. The largest absolute Gasteiger partial charge is 0.324 e. The molecule has 3 aromatic rings. The van der Waals surface area contributed by atoms with Crippen LogP contribution in [0.25, 0.3) is 11.3 Å². The smallest absolute Gasteiger partial charge is 0.244 e. The minimum Gasteiger partial charge on any atom is -0.324 e. The highest BCUT2D eigenvalue weighted by atomic mass is 35.5. The molecule has 31 heavy (non-hydrogen) atoms. The van der Waals surface area contributed by atoms with Gasteiger partial charge in [0.15, 0.2) is 0 Å². The lowest BCUT2D eigenvalue weighted by molar-refractivity contribution is -0.122. The van der Waals surface area contributed by atoms with Crippen LogP contribution >= 0.6 is 23.2 Å². The lowest BCUT2D eigenvalue weighted by atomic mass is 10.0. The van der Waals surface area contributed by atoms with E-state index in [0.717, 1.165) is 17.0 Å². The summed E-state index contributed by atoms with van der Waals surface area (Å²) in [6, 6.07) is 6.27. The van der Waals surface area contributed by atoms with E-state index in [4.69, 9.17) is 23.2 Å². The van der Waals surface area contributed by atoms with Gasteiger partial charge >= 0.3 is 0 Å². The average molecular weight is 463 g/mol. The topological polar surface area (TPSA) is 75.2 Å². The highest BCUT2D eigenvalue weighted by Crippen LogP contribution is 2.41. The van der Waals surface area contributed by atoms with Crippen LogP contribution in [0.4, 0.5) is 20.2 Å². The Kier molecular flexibility index (Phi) is 5.60. The van der Waals surface area contributed by atoms with Crippen molar-refractivity contribution >= 4 is 46.4 Å². The molecule has 0 saturated heterocycles. The van der Waals surface area contributed by atoms with Crippen molar-refractivity contribution in [2.75, 3.05) is 16.8 Å². The average Bonchev–Trinajstić information content (AvgIpc) is 2.80. The molecule has 0 saturated carbocycles. The number of hydrogen-bond donors (Lipinski definition) is 1. The summed E-state index contributed by atoms with van der Waals surface area (Å²) >= 11 is 11.7. The lowest BCUT2D eigenvalue weighted by Crippen LogP contribution is -2.40. The summed E-state index contributed by atoms with van der Waals surface area (Å²) in [6.07, 6.45) is 2.80. The molecule has 1 atom stereocenters.